The van der Waals surface area contributed by atoms with Gasteiger partial charge in [-0.15, -0.1) is 0 Å². The van der Waals surface area contributed by atoms with Gasteiger partial charge in [-0.2, -0.15) is 5.26 Å². The molecule has 0 saturated heterocycles. The topological polar surface area (TPSA) is 107 Å². The van der Waals surface area contributed by atoms with Crippen LogP contribution in [0.2, 0.25) is 0 Å². The third-order valence-electron chi connectivity index (χ3n) is 2.12. The zero-order valence-corrected chi connectivity index (χ0v) is 8.54. The van der Waals surface area contributed by atoms with Crippen LogP contribution in [0.1, 0.15) is 11.5 Å². The van der Waals surface area contributed by atoms with E-state index in [1.807, 2.05) is 0 Å². The molecule has 0 aliphatic rings. The van der Waals surface area contributed by atoms with Crippen LogP contribution in [0.3, 0.4) is 0 Å². The first-order valence-electron chi connectivity index (χ1n) is 4.43. The van der Waals surface area contributed by atoms with E-state index in [9.17, 15) is 9.70 Å². The monoisotopic (exact) mass is 218 g/mol. The van der Waals surface area contributed by atoms with Crippen LogP contribution >= 0.6 is 0 Å². The van der Waals surface area contributed by atoms with Crippen LogP contribution < -0.4 is 11.2 Å². The smallest absolute Gasteiger partial charge is 0.321 e. The summed E-state index contributed by atoms with van der Waals surface area (Å²) in [5.41, 5.74) is 5.69. The quantitative estimate of drug-likeness (QED) is 0.492. The van der Waals surface area contributed by atoms with E-state index in [1.54, 1.807) is 20.0 Å². The Morgan fingerprint density at radius 1 is 1.62 bits per heavy atom. The van der Waals surface area contributed by atoms with Gasteiger partial charge in [0.05, 0.1) is 16.5 Å². The van der Waals surface area contributed by atoms with Crippen LogP contribution in [-0.4, -0.2) is 23.9 Å². The lowest BCUT2D eigenvalue weighted by Gasteiger charge is -2.04. The number of carbonyl (C=O) groups is 1. The molecule has 1 unspecified atom stereocenters. The van der Waals surface area contributed by atoms with E-state index in [4.69, 9.17) is 16.2 Å². The van der Waals surface area contributed by atoms with E-state index in [2.05, 4.69) is 0 Å². The Kier molecular flexibility index (Phi) is 3.25. The molecule has 1 rings (SSSR count). The van der Waals surface area contributed by atoms with Crippen molar-refractivity contribution in [3.63, 3.8) is 0 Å². The highest BCUT2D eigenvalue weighted by atomic mass is 16.6. The number of nitrogens with zero attached hydrogens (tertiary/aromatic N) is 2. The van der Waals surface area contributed by atoms with Crippen LogP contribution in [0.15, 0.2) is 18.2 Å². The van der Waals surface area contributed by atoms with Crippen molar-refractivity contribution in [1.82, 2.24) is 0 Å². The molecule has 1 amide bonds. The number of hydrogen-bond acceptors (Lipinski definition) is 3. The summed E-state index contributed by atoms with van der Waals surface area (Å²) in [6.07, 6.45) is 0. The molecule has 1 aromatic carbocycles. The van der Waals surface area contributed by atoms with E-state index in [1.165, 1.54) is 12.1 Å². The van der Waals surface area contributed by atoms with Gasteiger partial charge < -0.3 is 5.73 Å². The summed E-state index contributed by atoms with van der Waals surface area (Å²) in [5.74, 6) is -2.12. The second kappa shape index (κ2) is 4.44. The minimum absolute atomic E-state index is 0.0955. The van der Waals surface area contributed by atoms with Gasteiger partial charge in [-0.25, -0.2) is 5.21 Å². The number of primary amides is 1. The molecule has 6 nitrogen and oxygen atoms in total. The summed E-state index contributed by atoms with van der Waals surface area (Å²) < 4.78 is 0. The summed E-state index contributed by atoms with van der Waals surface area (Å²) in [6, 6.07) is 6.09. The Morgan fingerprint density at radius 2 is 2.25 bits per heavy atom. The minimum atomic E-state index is -1.25. The fourth-order valence-electron chi connectivity index (χ4n) is 1.35. The molecule has 0 aliphatic heterocycles. The maximum absolute atomic E-state index is 11.0. The van der Waals surface area contributed by atoms with Gasteiger partial charge in [0.1, 0.15) is 7.85 Å². The number of nitriles is 1. The van der Waals surface area contributed by atoms with E-state index >= 15 is 0 Å². The third-order valence-corrected chi connectivity index (χ3v) is 2.12. The number of amides is 1. The molecule has 0 spiro atoms. The molecule has 1 aromatic rings. The lowest BCUT2D eigenvalue weighted by Crippen LogP contribution is -2.21. The maximum atomic E-state index is 11.0. The van der Waals surface area contributed by atoms with Crippen molar-refractivity contribution in [3.05, 3.63) is 28.7 Å². The van der Waals surface area contributed by atoms with Crippen molar-refractivity contribution in [3.8, 4) is 6.07 Å². The molecule has 1 atom stereocenters. The zero-order valence-electron chi connectivity index (χ0n) is 8.54. The predicted molar refractivity (Wildman–Crippen MR) is 57.2 cm³/mol. The van der Waals surface area contributed by atoms with Gasteiger partial charge in [0.25, 0.3) is 4.92 Å². The third kappa shape index (κ3) is 2.17. The van der Waals surface area contributed by atoms with Crippen LogP contribution in [0.25, 0.3) is 0 Å². The predicted octanol–water partition coefficient (Wildman–Crippen LogP) is -1.16. The van der Waals surface area contributed by atoms with Gasteiger partial charge in [0, 0.05) is 6.07 Å². The Hall–Kier alpha value is -2.36. The lowest BCUT2D eigenvalue weighted by molar-refractivity contribution is -0.730. The number of benzene rings is 1. The van der Waals surface area contributed by atoms with Crippen molar-refractivity contribution in [2.24, 2.45) is 5.73 Å². The van der Waals surface area contributed by atoms with Gasteiger partial charge in [-0.3, -0.25) is 4.79 Å². The van der Waals surface area contributed by atoms with Crippen molar-refractivity contribution in [2.75, 3.05) is 0 Å². The largest absolute Gasteiger partial charge is 0.368 e. The Labute approximate surface area is 92.2 Å². The van der Waals surface area contributed by atoms with Crippen molar-refractivity contribution in [1.29, 1.82) is 5.26 Å². The average molecular weight is 218 g/mol. The number of nitrogens with two attached hydrogens (primary N) is 1. The standard InChI is InChI=1S/C9H8BN3O3/c10-5-1-2-6(7(4-11)9(12)14)8(3-5)13(15)16/h1-3,7H,10H2,(H2-,12,14,15,16)/p+1. The molecule has 0 saturated carbocycles. The summed E-state index contributed by atoms with van der Waals surface area (Å²) in [5, 5.41) is 17.6. The summed E-state index contributed by atoms with van der Waals surface area (Å²) in [7, 11) is 1.71. The number of rotatable bonds is 3. The summed E-state index contributed by atoms with van der Waals surface area (Å²) in [6.45, 7) is 0. The molecule has 0 radical (unpaired) electrons. The molecule has 0 aromatic heterocycles. The normalized spacial score (nSPS) is 11.4. The van der Waals surface area contributed by atoms with Gasteiger partial charge >= 0.3 is 5.69 Å². The fraction of sp³-hybridized carbons (Fsp3) is 0.111. The molecule has 3 N–H and O–H groups in total. The van der Waals surface area contributed by atoms with E-state index in [0.717, 1.165) is 5.46 Å². The molecular formula is C9H9BN3O3+. The Bertz CT molecular complexity index is 495. The number of carbonyl (C=O) groups excluding carboxylic acids is 1. The number of hydrogen-bond donors (Lipinski definition) is 2. The van der Waals surface area contributed by atoms with Gasteiger partial charge in [-0.1, -0.05) is 17.6 Å². The van der Waals surface area contributed by atoms with Gasteiger partial charge in [0.2, 0.25) is 5.91 Å². The molecule has 7 heteroatoms. The van der Waals surface area contributed by atoms with Crippen LogP contribution in [-0.2, 0) is 4.79 Å². The Morgan fingerprint density at radius 3 is 2.69 bits per heavy atom. The maximum Gasteiger partial charge on any atom is 0.321 e. The minimum Gasteiger partial charge on any atom is -0.368 e. The summed E-state index contributed by atoms with van der Waals surface area (Å²) >= 11 is 0. The van der Waals surface area contributed by atoms with E-state index < -0.39 is 11.8 Å². The van der Waals surface area contributed by atoms with Crippen LogP contribution in [0.4, 0.5) is 5.69 Å². The first-order chi connectivity index (χ1) is 7.47. The van der Waals surface area contributed by atoms with E-state index in [-0.39, 0.29) is 16.2 Å². The highest BCUT2D eigenvalue weighted by Gasteiger charge is 2.28. The van der Waals surface area contributed by atoms with Gasteiger partial charge in [-0.05, 0) is 0 Å². The summed E-state index contributed by atoms with van der Waals surface area (Å²) in [4.78, 5) is 21.5. The fourth-order valence-corrected chi connectivity index (χ4v) is 1.35. The average Bonchev–Trinajstić information content (AvgIpc) is 2.20. The highest BCUT2D eigenvalue weighted by molar-refractivity contribution is 6.32. The van der Waals surface area contributed by atoms with Gasteiger partial charge in [0.15, 0.2) is 5.92 Å². The van der Waals surface area contributed by atoms with Crippen LogP contribution in [0.5, 0.6) is 0 Å². The SMILES string of the molecule is Bc1ccc(C(C#N)C(N)=O)c([N+](=O)O)c1. The van der Waals surface area contributed by atoms with E-state index in [0.29, 0.717) is 0 Å². The second-order valence-corrected chi connectivity index (χ2v) is 3.30. The van der Waals surface area contributed by atoms with Crippen molar-refractivity contribution >= 4 is 24.9 Å². The highest BCUT2D eigenvalue weighted by Crippen LogP contribution is 2.24. The molecular weight excluding hydrogens is 209 g/mol. The molecule has 0 heterocycles. The molecule has 0 fully saturated rings. The van der Waals surface area contributed by atoms with Crippen molar-refractivity contribution in [2.45, 2.75) is 5.92 Å². The first kappa shape index (κ1) is 11.7. The molecule has 0 aliphatic carbocycles. The van der Waals surface area contributed by atoms with Crippen molar-refractivity contribution < 1.29 is 14.9 Å². The molecule has 0 bridgehead atoms. The molecule has 80 valence electrons. The Balaban J connectivity index is 3.38. The van der Waals surface area contributed by atoms with Crippen LogP contribution in [0, 0.1) is 16.2 Å². The zero-order chi connectivity index (χ0) is 12.3. The first-order valence-corrected chi connectivity index (χ1v) is 4.43. The second-order valence-electron chi connectivity index (χ2n) is 3.30. The lowest BCUT2D eigenvalue weighted by atomic mass is 9.90. The molecule has 16 heavy (non-hydrogen) atoms.